The van der Waals surface area contributed by atoms with Gasteiger partial charge in [-0.2, -0.15) is 5.10 Å². The number of hydrogen-bond acceptors (Lipinski definition) is 5. The monoisotopic (exact) mass is 475 g/mol. The molecule has 1 aliphatic heterocycles. The maximum absolute atomic E-state index is 13.9. The van der Waals surface area contributed by atoms with Crippen molar-refractivity contribution in [3.05, 3.63) is 58.2 Å². The van der Waals surface area contributed by atoms with Crippen LogP contribution in [-0.4, -0.2) is 27.9 Å². The van der Waals surface area contributed by atoms with Crippen molar-refractivity contribution in [2.45, 2.75) is 31.9 Å². The van der Waals surface area contributed by atoms with Crippen LogP contribution in [0.3, 0.4) is 0 Å². The largest absolute Gasteiger partial charge is 0.482 e. The molecule has 2 aromatic heterocycles. The van der Waals surface area contributed by atoms with Crippen LogP contribution in [0.1, 0.15) is 37.5 Å². The molecule has 1 saturated heterocycles. The average molecular weight is 476 g/mol. The zero-order valence-corrected chi connectivity index (χ0v) is 19.1. The van der Waals surface area contributed by atoms with Gasteiger partial charge in [0.05, 0.1) is 17.3 Å². The Balaban J connectivity index is 1.37. The van der Waals surface area contributed by atoms with Crippen molar-refractivity contribution in [1.29, 1.82) is 0 Å². The lowest BCUT2D eigenvalue weighted by atomic mass is 10.0. The quantitative estimate of drug-likeness (QED) is 0.490. The van der Waals surface area contributed by atoms with Crippen LogP contribution in [0, 0.1) is 17.7 Å². The molecule has 3 N–H and O–H groups in total. The number of aromatic nitrogens is 3. The van der Waals surface area contributed by atoms with Crippen molar-refractivity contribution in [2.24, 2.45) is 11.8 Å². The van der Waals surface area contributed by atoms with E-state index in [1.165, 1.54) is 12.1 Å². The standard InChI is InChI=1S/C23H24Cl2FN5O/c1-12(21-18(24)2-3-19(26)22(21)25)32-20-6-15(9-29-23(20)27)16-10-30-31(11-16)17-4-13-7-28-8-14(13)5-17/h2-3,6,9-14,17,28H,4-5,7-8H2,1H3,(H2,27,29)/t12-,13?,14?,17?/m1/s1. The van der Waals surface area contributed by atoms with Gasteiger partial charge in [-0.15, -0.1) is 0 Å². The Bertz CT molecular complexity index is 1140. The fourth-order valence-corrected chi connectivity index (χ4v) is 5.59. The molecule has 0 amide bonds. The van der Waals surface area contributed by atoms with Crippen LogP contribution in [0.2, 0.25) is 10.0 Å². The first kappa shape index (κ1) is 21.5. The summed E-state index contributed by atoms with van der Waals surface area (Å²) in [5.74, 6) is 1.54. The Morgan fingerprint density at radius 1 is 1.19 bits per heavy atom. The van der Waals surface area contributed by atoms with E-state index < -0.39 is 11.9 Å². The number of fused-ring (bicyclic) bond motifs is 1. The molecule has 1 aliphatic carbocycles. The molecule has 3 aromatic rings. The number of halogens is 3. The second-order valence-electron chi connectivity index (χ2n) is 8.64. The summed E-state index contributed by atoms with van der Waals surface area (Å²) in [5, 5.41) is 8.35. The molecule has 1 saturated carbocycles. The highest BCUT2D eigenvalue weighted by atomic mass is 35.5. The van der Waals surface area contributed by atoms with Crippen molar-refractivity contribution < 1.29 is 9.13 Å². The third-order valence-corrected chi connectivity index (χ3v) is 7.32. The predicted octanol–water partition coefficient (Wildman–Crippen LogP) is 5.28. The van der Waals surface area contributed by atoms with E-state index in [9.17, 15) is 4.39 Å². The smallest absolute Gasteiger partial charge is 0.166 e. The van der Waals surface area contributed by atoms with Crippen molar-refractivity contribution >= 4 is 29.0 Å². The SMILES string of the molecule is C[C@@H](Oc1cc(-c2cnn(C3CC4CNCC4C3)c2)cnc1N)c1c(Cl)ccc(F)c1Cl. The topological polar surface area (TPSA) is 78.0 Å². The molecule has 9 heteroatoms. The minimum Gasteiger partial charge on any atom is -0.482 e. The average Bonchev–Trinajstić information content (AvgIpc) is 3.48. The Morgan fingerprint density at radius 2 is 1.94 bits per heavy atom. The van der Waals surface area contributed by atoms with Gasteiger partial charge in [-0.25, -0.2) is 9.37 Å². The van der Waals surface area contributed by atoms with Gasteiger partial charge in [0.2, 0.25) is 0 Å². The van der Waals surface area contributed by atoms with Crippen molar-refractivity contribution in [3.8, 4) is 16.9 Å². The zero-order valence-electron chi connectivity index (χ0n) is 17.6. The fraction of sp³-hybridized carbons (Fsp3) is 0.391. The summed E-state index contributed by atoms with van der Waals surface area (Å²) in [6.45, 7) is 3.95. The van der Waals surface area contributed by atoms with E-state index in [1.54, 1.807) is 13.1 Å². The van der Waals surface area contributed by atoms with Gasteiger partial charge in [-0.3, -0.25) is 4.68 Å². The lowest BCUT2D eigenvalue weighted by molar-refractivity contribution is 0.227. The number of nitrogens with two attached hydrogens (primary N) is 1. The van der Waals surface area contributed by atoms with Crippen molar-refractivity contribution in [2.75, 3.05) is 18.8 Å². The molecule has 1 aromatic carbocycles. The van der Waals surface area contributed by atoms with E-state index in [-0.39, 0.29) is 10.8 Å². The summed E-state index contributed by atoms with van der Waals surface area (Å²) >= 11 is 12.4. The number of benzene rings is 1. The van der Waals surface area contributed by atoms with Crippen LogP contribution in [0.4, 0.5) is 10.2 Å². The first-order valence-electron chi connectivity index (χ1n) is 10.7. The maximum atomic E-state index is 13.9. The van der Waals surface area contributed by atoms with E-state index in [2.05, 4.69) is 26.3 Å². The maximum Gasteiger partial charge on any atom is 0.166 e. The first-order valence-corrected chi connectivity index (χ1v) is 11.5. The first-order chi connectivity index (χ1) is 15.4. The lowest BCUT2D eigenvalue weighted by Crippen LogP contribution is -2.14. The molecular weight excluding hydrogens is 452 g/mol. The number of nitrogens with one attached hydrogen (secondary N) is 1. The summed E-state index contributed by atoms with van der Waals surface area (Å²) in [6, 6.07) is 4.92. The highest BCUT2D eigenvalue weighted by Crippen LogP contribution is 2.42. The Labute approximate surface area is 195 Å². The third-order valence-electron chi connectivity index (χ3n) is 6.61. The van der Waals surface area contributed by atoms with Crippen LogP contribution < -0.4 is 15.8 Å². The number of nitrogen functional groups attached to an aromatic ring is 1. The summed E-state index contributed by atoms with van der Waals surface area (Å²) in [7, 11) is 0. The number of hydrogen-bond donors (Lipinski definition) is 2. The van der Waals surface area contributed by atoms with Gasteiger partial charge in [-0.1, -0.05) is 23.2 Å². The van der Waals surface area contributed by atoms with Gasteiger partial charge in [-0.05, 0) is 62.9 Å². The number of ether oxygens (including phenoxy) is 1. The minimum atomic E-state index is -0.626. The fourth-order valence-electron chi connectivity index (χ4n) is 4.91. The van der Waals surface area contributed by atoms with Gasteiger partial charge >= 0.3 is 0 Å². The second kappa shape index (κ2) is 8.54. The van der Waals surface area contributed by atoms with Crippen LogP contribution in [0.15, 0.2) is 36.8 Å². The number of rotatable bonds is 5. The van der Waals surface area contributed by atoms with Crippen LogP contribution in [0.5, 0.6) is 5.75 Å². The number of anilines is 1. The number of pyridine rings is 1. The molecule has 0 radical (unpaired) electrons. The van der Waals surface area contributed by atoms with Gasteiger partial charge in [0.25, 0.3) is 0 Å². The van der Waals surface area contributed by atoms with Gasteiger partial charge in [0.1, 0.15) is 11.9 Å². The molecule has 0 bridgehead atoms. The van der Waals surface area contributed by atoms with E-state index in [4.69, 9.17) is 33.7 Å². The van der Waals surface area contributed by atoms with Crippen molar-refractivity contribution in [3.63, 3.8) is 0 Å². The van der Waals surface area contributed by atoms with Crippen LogP contribution in [-0.2, 0) is 0 Å². The molecule has 32 heavy (non-hydrogen) atoms. The Morgan fingerprint density at radius 3 is 2.69 bits per heavy atom. The molecule has 3 heterocycles. The van der Waals surface area contributed by atoms with E-state index >= 15 is 0 Å². The van der Waals surface area contributed by atoms with Gasteiger partial charge in [0.15, 0.2) is 11.6 Å². The molecule has 2 unspecified atom stereocenters. The Hall–Kier alpha value is -2.35. The lowest BCUT2D eigenvalue weighted by Gasteiger charge is -2.19. The van der Waals surface area contributed by atoms with E-state index in [1.807, 2.05) is 12.3 Å². The second-order valence-corrected chi connectivity index (χ2v) is 9.42. The summed E-state index contributed by atoms with van der Waals surface area (Å²) in [6.07, 6.45) is 7.27. The number of nitrogens with zero attached hydrogens (tertiary/aromatic N) is 3. The normalized spacial score (nSPS) is 23.3. The summed E-state index contributed by atoms with van der Waals surface area (Å²) < 4.78 is 22.0. The summed E-state index contributed by atoms with van der Waals surface area (Å²) in [5.41, 5.74) is 8.20. The summed E-state index contributed by atoms with van der Waals surface area (Å²) in [4.78, 5) is 4.29. The van der Waals surface area contributed by atoms with E-state index in [0.29, 0.717) is 22.4 Å². The molecule has 2 fully saturated rings. The molecular formula is C23H24Cl2FN5O. The molecule has 0 spiro atoms. The molecule has 6 nitrogen and oxygen atoms in total. The molecule has 168 valence electrons. The highest BCUT2D eigenvalue weighted by molar-refractivity contribution is 6.36. The van der Waals surface area contributed by atoms with Crippen molar-refractivity contribution in [1.82, 2.24) is 20.1 Å². The van der Waals surface area contributed by atoms with Crippen LogP contribution in [0.25, 0.3) is 11.1 Å². The predicted molar refractivity (Wildman–Crippen MR) is 123 cm³/mol. The molecule has 2 aliphatic rings. The van der Waals surface area contributed by atoms with Gasteiger partial charge in [0, 0.05) is 34.1 Å². The van der Waals surface area contributed by atoms with Gasteiger partial charge < -0.3 is 15.8 Å². The third kappa shape index (κ3) is 3.93. The van der Waals surface area contributed by atoms with E-state index in [0.717, 1.165) is 48.9 Å². The Kier molecular flexibility index (Phi) is 5.73. The highest BCUT2D eigenvalue weighted by Gasteiger charge is 2.38. The molecule has 3 atom stereocenters. The zero-order chi connectivity index (χ0) is 22.4. The minimum absolute atomic E-state index is 0.0644. The molecule has 5 rings (SSSR count). The van der Waals surface area contributed by atoms with Crippen LogP contribution >= 0.6 is 23.2 Å².